The van der Waals surface area contributed by atoms with Crippen LogP contribution in [0.4, 0.5) is 0 Å². The topological polar surface area (TPSA) is 94.9 Å². The molecular formula is C16H15N7OS. The Morgan fingerprint density at radius 2 is 2.08 bits per heavy atom. The number of aromatic nitrogens is 7. The Morgan fingerprint density at radius 1 is 1.20 bits per heavy atom. The number of aryl methyl sites for hydroxylation is 2. The molecule has 0 fully saturated rings. The van der Waals surface area contributed by atoms with E-state index in [2.05, 4.69) is 30.2 Å². The molecule has 4 aromatic heterocycles. The maximum absolute atomic E-state index is 5.38. The van der Waals surface area contributed by atoms with Crippen LogP contribution < -0.4 is 0 Å². The van der Waals surface area contributed by atoms with Gasteiger partial charge in [0, 0.05) is 29.3 Å². The minimum Gasteiger partial charge on any atom is -0.338 e. The van der Waals surface area contributed by atoms with Crippen LogP contribution >= 0.6 is 11.8 Å². The molecular weight excluding hydrogens is 338 g/mol. The first-order valence-corrected chi connectivity index (χ1v) is 8.60. The zero-order chi connectivity index (χ0) is 17.4. The van der Waals surface area contributed by atoms with Crippen LogP contribution in [0.3, 0.4) is 0 Å². The Bertz CT molecular complexity index is 1030. The number of thioether (sulfide) groups is 1. The molecule has 0 aromatic carbocycles. The van der Waals surface area contributed by atoms with E-state index < -0.39 is 0 Å². The molecule has 0 unspecified atom stereocenters. The molecule has 126 valence electrons. The Morgan fingerprint density at radius 3 is 2.88 bits per heavy atom. The fourth-order valence-electron chi connectivity index (χ4n) is 2.42. The van der Waals surface area contributed by atoms with Gasteiger partial charge in [-0.1, -0.05) is 16.9 Å². The van der Waals surface area contributed by atoms with Gasteiger partial charge in [-0.15, -0.1) is 5.10 Å². The fraction of sp³-hybridized carbons (Fsp3) is 0.250. The van der Waals surface area contributed by atoms with Crippen LogP contribution in [0.25, 0.3) is 17.2 Å². The van der Waals surface area contributed by atoms with Crippen molar-refractivity contribution in [1.82, 2.24) is 34.7 Å². The first-order valence-electron chi connectivity index (χ1n) is 7.72. The van der Waals surface area contributed by atoms with Crippen LogP contribution in [0.15, 0.2) is 40.3 Å². The van der Waals surface area contributed by atoms with E-state index in [1.54, 1.807) is 16.9 Å². The predicted octanol–water partition coefficient (Wildman–Crippen LogP) is 3.04. The van der Waals surface area contributed by atoms with Gasteiger partial charge in [-0.3, -0.25) is 4.98 Å². The van der Waals surface area contributed by atoms with Gasteiger partial charge in [-0.05, 0) is 39.0 Å². The number of hydrogen-bond acceptors (Lipinski definition) is 8. The third kappa shape index (κ3) is 3.10. The average molecular weight is 353 g/mol. The van der Waals surface area contributed by atoms with Crippen LogP contribution in [-0.4, -0.2) is 34.7 Å². The van der Waals surface area contributed by atoms with Gasteiger partial charge in [-0.2, -0.15) is 9.97 Å². The molecule has 0 aliphatic carbocycles. The highest BCUT2D eigenvalue weighted by Crippen LogP contribution is 2.32. The van der Waals surface area contributed by atoms with Gasteiger partial charge >= 0.3 is 0 Å². The molecule has 4 rings (SSSR count). The zero-order valence-corrected chi connectivity index (χ0v) is 14.7. The predicted molar refractivity (Wildman–Crippen MR) is 92.1 cm³/mol. The number of rotatable bonds is 4. The quantitative estimate of drug-likeness (QED) is 0.517. The van der Waals surface area contributed by atoms with E-state index in [1.165, 1.54) is 11.8 Å². The Labute approximate surface area is 147 Å². The number of pyridine rings is 1. The maximum Gasteiger partial charge on any atom is 0.253 e. The Hall–Kier alpha value is -2.81. The van der Waals surface area contributed by atoms with E-state index >= 15 is 0 Å². The summed E-state index contributed by atoms with van der Waals surface area (Å²) in [6.07, 6.45) is 3.41. The molecule has 8 nitrogen and oxygen atoms in total. The molecule has 0 saturated carbocycles. The summed E-state index contributed by atoms with van der Waals surface area (Å²) in [5.74, 6) is 1.63. The highest BCUT2D eigenvalue weighted by Gasteiger charge is 2.19. The van der Waals surface area contributed by atoms with E-state index in [9.17, 15) is 0 Å². The lowest BCUT2D eigenvalue weighted by Crippen LogP contribution is -1.97. The normalized spacial score (nSPS) is 12.6. The second kappa shape index (κ2) is 6.25. The van der Waals surface area contributed by atoms with E-state index in [1.807, 2.05) is 39.0 Å². The van der Waals surface area contributed by atoms with Crippen LogP contribution in [0.2, 0.25) is 0 Å². The van der Waals surface area contributed by atoms with Gasteiger partial charge in [0.05, 0.1) is 5.25 Å². The first kappa shape index (κ1) is 15.7. The summed E-state index contributed by atoms with van der Waals surface area (Å²) in [7, 11) is 0. The fourth-order valence-corrected chi connectivity index (χ4v) is 3.19. The van der Waals surface area contributed by atoms with Crippen molar-refractivity contribution in [3.8, 4) is 11.4 Å². The minimum atomic E-state index is -0.0864. The summed E-state index contributed by atoms with van der Waals surface area (Å²) < 4.78 is 7.12. The maximum atomic E-state index is 5.38. The van der Waals surface area contributed by atoms with E-state index in [4.69, 9.17) is 4.52 Å². The summed E-state index contributed by atoms with van der Waals surface area (Å²) in [6.45, 7) is 5.89. The van der Waals surface area contributed by atoms with E-state index in [0.29, 0.717) is 22.6 Å². The monoisotopic (exact) mass is 353 g/mol. The van der Waals surface area contributed by atoms with Crippen molar-refractivity contribution < 1.29 is 4.52 Å². The molecule has 0 aliphatic heterocycles. The Balaban J connectivity index is 1.57. The van der Waals surface area contributed by atoms with Gasteiger partial charge in [0.2, 0.25) is 16.9 Å². The van der Waals surface area contributed by atoms with Gasteiger partial charge < -0.3 is 4.52 Å². The average Bonchev–Trinajstić information content (AvgIpc) is 3.22. The lowest BCUT2D eigenvalue weighted by molar-refractivity contribution is 0.380. The second-order valence-corrected chi connectivity index (χ2v) is 6.91. The highest BCUT2D eigenvalue weighted by atomic mass is 32.2. The van der Waals surface area contributed by atoms with Crippen molar-refractivity contribution in [1.29, 1.82) is 0 Å². The van der Waals surface area contributed by atoms with E-state index in [0.717, 1.165) is 17.0 Å². The summed E-state index contributed by atoms with van der Waals surface area (Å²) in [5.41, 5.74) is 2.72. The van der Waals surface area contributed by atoms with Crippen molar-refractivity contribution in [3.05, 3.63) is 47.9 Å². The van der Waals surface area contributed by atoms with Crippen molar-refractivity contribution in [2.24, 2.45) is 0 Å². The summed E-state index contributed by atoms with van der Waals surface area (Å²) in [5, 5.41) is 9.04. The lowest BCUT2D eigenvalue weighted by atomic mass is 10.3. The SMILES string of the molecule is Cc1cc(C)n2nc(S[C@H](C)c3nc(-c4cccnc4)no3)nc2n1. The van der Waals surface area contributed by atoms with Crippen LogP contribution in [0.5, 0.6) is 0 Å². The van der Waals surface area contributed by atoms with Gasteiger partial charge in [0.1, 0.15) is 0 Å². The largest absolute Gasteiger partial charge is 0.338 e. The second-order valence-electron chi connectivity index (χ2n) is 5.60. The molecule has 9 heteroatoms. The summed E-state index contributed by atoms with van der Waals surface area (Å²) >= 11 is 1.45. The molecule has 0 N–H and O–H groups in total. The molecule has 0 radical (unpaired) electrons. The molecule has 25 heavy (non-hydrogen) atoms. The number of nitrogens with zero attached hydrogens (tertiary/aromatic N) is 7. The summed E-state index contributed by atoms with van der Waals surface area (Å²) in [4.78, 5) is 17.4. The molecule has 0 spiro atoms. The third-order valence-electron chi connectivity index (χ3n) is 3.59. The smallest absolute Gasteiger partial charge is 0.253 e. The van der Waals surface area contributed by atoms with Crippen molar-refractivity contribution in [3.63, 3.8) is 0 Å². The van der Waals surface area contributed by atoms with E-state index in [-0.39, 0.29) is 5.25 Å². The molecule has 4 aromatic rings. The minimum absolute atomic E-state index is 0.0864. The van der Waals surface area contributed by atoms with Gasteiger partial charge in [-0.25, -0.2) is 9.50 Å². The summed E-state index contributed by atoms with van der Waals surface area (Å²) in [6, 6.07) is 5.69. The molecule has 0 bridgehead atoms. The zero-order valence-electron chi connectivity index (χ0n) is 13.9. The van der Waals surface area contributed by atoms with Crippen LogP contribution in [-0.2, 0) is 0 Å². The highest BCUT2D eigenvalue weighted by molar-refractivity contribution is 7.99. The molecule has 4 heterocycles. The number of fused-ring (bicyclic) bond motifs is 1. The molecule has 0 amide bonds. The van der Waals surface area contributed by atoms with Gasteiger partial charge in [0.15, 0.2) is 0 Å². The standard InChI is InChI=1S/C16H15N7OS/c1-9-7-10(2)23-15(18-9)20-16(21-23)25-11(3)14-19-13(22-24-14)12-5-4-6-17-8-12/h4-8,11H,1-3H3/t11-/m1/s1. The molecule has 1 atom stereocenters. The van der Waals surface area contributed by atoms with Crippen molar-refractivity contribution in [2.45, 2.75) is 31.2 Å². The van der Waals surface area contributed by atoms with Crippen LogP contribution in [0.1, 0.15) is 29.5 Å². The molecule has 0 aliphatic rings. The molecule has 0 saturated heterocycles. The lowest BCUT2D eigenvalue weighted by Gasteiger charge is -2.01. The Kier molecular flexibility index (Phi) is 3.92. The van der Waals surface area contributed by atoms with Crippen molar-refractivity contribution >= 4 is 17.5 Å². The van der Waals surface area contributed by atoms with Gasteiger partial charge in [0.25, 0.3) is 5.78 Å². The number of hydrogen-bond donors (Lipinski definition) is 0. The van der Waals surface area contributed by atoms with Crippen LogP contribution in [0, 0.1) is 13.8 Å². The first-order chi connectivity index (χ1) is 12.1. The third-order valence-corrected chi connectivity index (χ3v) is 4.53. The van der Waals surface area contributed by atoms with Crippen molar-refractivity contribution in [2.75, 3.05) is 0 Å².